The maximum atomic E-state index is 12.5. The molecule has 2 aromatic rings. The summed E-state index contributed by atoms with van der Waals surface area (Å²) in [7, 11) is -4.02. The number of rotatable bonds is 6. The third kappa shape index (κ3) is 5.01. The maximum Gasteiger partial charge on any atom is 0.264 e. The van der Waals surface area contributed by atoms with Crippen LogP contribution >= 0.6 is 0 Å². The molecule has 0 saturated heterocycles. The van der Waals surface area contributed by atoms with Gasteiger partial charge in [-0.25, -0.2) is 18.1 Å². The summed E-state index contributed by atoms with van der Waals surface area (Å²) in [6.07, 6.45) is 0.397. The second kappa shape index (κ2) is 7.62. The van der Waals surface area contributed by atoms with Crippen LogP contribution in [0.4, 0.5) is 5.82 Å². The highest BCUT2D eigenvalue weighted by atomic mass is 32.2. The number of carbonyl (C=O) groups is 1. The van der Waals surface area contributed by atoms with Gasteiger partial charge in [-0.1, -0.05) is 32.0 Å². The number of nitrogen functional groups attached to an aromatic ring is 1. The normalized spacial score (nSPS) is 12.8. The molecule has 0 spiro atoms. The van der Waals surface area contributed by atoms with Gasteiger partial charge in [0.1, 0.15) is 5.82 Å². The number of amides is 1. The molecule has 8 heteroatoms. The van der Waals surface area contributed by atoms with Crippen molar-refractivity contribution < 1.29 is 13.2 Å². The third-order valence-corrected chi connectivity index (χ3v) is 4.85. The largest absolute Gasteiger partial charge is 0.384 e. The lowest BCUT2D eigenvalue weighted by molar-refractivity contribution is -0.120. The predicted molar refractivity (Wildman–Crippen MR) is 96.8 cm³/mol. The Morgan fingerprint density at radius 2 is 1.88 bits per heavy atom. The van der Waals surface area contributed by atoms with Crippen molar-refractivity contribution in [3.05, 3.63) is 42.5 Å². The highest BCUT2D eigenvalue weighted by Crippen LogP contribution is 2.21. The summed E-state index contributed by atoms with van der Waals surface area (Å²) in [5.41, 5.74) is 12.5. The molecular formula is C17H22N4O3S. The van der Waals surface area contributed by atoms with Crippen LogP contribution in [0.3, 0.4) is 0 Å². The minimum atomic E-state index is -4.02. The monoisotopic (exact) mass is 362 g/mol. The van der Waals surface area contributed by atoms with Crippen molar-refractivity contribution in [2.24, 2.45) is 11.7 Å². The summed E-state index contributed by atoms with van der Waals surface area (Å²) in [5.74, 6) is -0.207. The fraction of sp³-hybridized carbons (Fsp3) is 0.294. The van der Waals surface area contributed by atoms with E-state index in [4.69, 9.17) is 11.5 Å². The molecule has 0 radical (unpaired) electrons. The topological polar surface area (TPSA) is 128 Å². The van der Waals surface area contributed by atoms with Gasteiger partial charge in [-0.05, 0) is 36.6 Å². The van der Waals surface area contributed by atoms with Gasteiger partial charge in [-0.3, -0.25) is 4.79 Å². The van der Waals surface area contributed by atoms with E-state index in [0.717, 1.165) is 0 Å². The lowest BCUT2D eigenvalue weighted by Gasteiger charge is -2.14. The standard InChI is InChI=1S/C17H22N4O3S/c1-11(2)9-14(18)17(22)21-25(23,24)13-6-3-5-12(10-13)15-7-4-8-16(19)20-15/h3-8,10-11,14H,9,18H2,1-2H3,(H2,19,20)(H,21,22)/t14-/m0/s1. The predicted octanol–water partition coefficient (Wildman–Crippen LogP) is 1.51. The van der Waals surface area contributed by atoms with Gasteiger partial charge in [0.05, 0.1) is 16.6 Å². The molecule has 1 amide bonds. The second-order valence-corrected chi connectivity index (χ2v) is 7.86. The number of nitrogens with two attached hydrogens (primary N) is 2. The number of aromatic nitrogens is 1. The molecule has 0 aliphatic heterocycles. The van der Waals surface area contributed by atoms with E-state index in [1.54, 1.807) is 30.3 Å². The van der Waals surface area contributed by atoms with E-state index in [1.807, 2.05) is 18.6 Å². The smallest absolute Gasteiger partial charge is 0.264 e. The number of nitrogens with one attached hydrogen (secondary N) is 1. The molecule has 0 bridgehead atoms. The Balaban J connectivity index is 2.25. The van der Waals surface area contributed by atoms with Gasteiger partial charge in [0, 0.05) is 5.56 Å². The van der Waals surface area contributed by atoms with E-state index >= 15 is 0 Å². The molecule has 1 atom stereocenters. The zero-order chi connectivity index (χ0) is 18.6. The van der Waals surface area contributed by atoms with Crippen molar-refractivity contribution in [2.75, 3.05) is 5.73 Å². The van der Waals surface area contributed by atoms with Crippen LogP contribution in [0.15, 0.2) is 47.4 Å². The average molecular weight is 362 g/mol. The van der Waals surface area contributed by atoms with E-state index in [-0.39, 0.29) is 10.8 Å². The van der Waals surface area contributed by atoms with Crippen molar-refractivity contribution in [1.29, 1.82) is 0 Å². The molecule has 0 unspecified atom stereocenters. The molecule has 2 rings (SSSR count). The van der Waals surface area contributed by atoms with Crippen LogP contribution in [0, 0.1) is 5.92 Å². The molecule has 0 aliphatic rings. The van der Waals surface area contributed by atoms with Crippen molar-refractivity contribution in [3.8, 4) is 11.3 Å². The SMILES string of the molecule is CC(C)C[C@H](N)C(=O)NS(=O)(=O)c1cccc(-c2cccc(N)n2)c1. The first-order valence-corrected chi connectivity index (χ1v) is 9.32. The van der Waals surface area contributed by atoms with Gasteiger partial charge in [0.25, 0.3) is 15.9 Å². The van der Waals surface area contributed by atoms with E-state index in [0.29, 0.717) is 23.5 Å². The number of hydrogen-bond donors (Lipinski definition) is 3. The number of carbonyl (C=O) groups excluding carboxylic acids is 1. The van der Waals surface area contributed by atoms with Crippen LogP contribution in [-0.2, 0) is 14.8 Å². The van der Waals surface area contributed by atoms with Gasteiger partial charge in [-0.2, -0.15) is 0 Å². The molecule has 1 aromatic heterocycles. The number of sulfonamides is 1. The number of hydrogen-bond acceptors (Lipinski definition) is 6. The number of pyridine rings is 1. The van der Waals surface area contributed by atoms with Gasteiger partial charge in [-0.15, -0.1) is 0 Å². The average Bonchev–Trinajstić information content (AvgIpc) is 2.54. The minimum absolute atomic E-state index is 0.0423. The summed E-state index contributed by atoms with van der Waals surface area (Å²) in [6.45, 7) is 3.81. The zero-order valence-corrected chi connectivity index (χ0v) is 15.0. The van der Waals surface area contributed by atoms with Gasteiger partial charge in [0.2, 0.25) is 0 Å². The molecule has 1 heterocycles. The van der Waals surface area contributed by atoms with E-state index in [2.05, 4.69) is 4.98 Å². The van der Waals surface area contributed by atoms with Crippen molar-refractivity contribution in [1.82, 2.24) is 9.71 Å². The molecule has 1 aromatic carbocycles. The van der Waals surface area contributed by atoms with Crippen molar-refractivity contribution >= 4 is 21.7 Å². The molecule has 25 heavy (non-hydrogen) atoms. The van der Waals surface area contributed by atoms with Gasteiger partial charge < -0.3 is 11.5 Å². The van der Waals surface area contributed by atoms with Crippen LogP contribution < -0.4 is 16.2 Å². The summed E-state index contributed by atoms with van der Waals surface area (Å²) in [6, 6.07) is 10.3. The molecule has 5 N–H and O–H groups in total. The van der Waals surface area contributed by atoms with Crippen LogP contribution in [0.25, 0.3) is 11.3 Å². The third-order valence-electron chi connectivity index (χ3n) is 3.51. The van der Waals surface area contributed by atoms with Crippen LogP contribution in [0.2, 0.25) is 0 Å². The summed E-state index contributed by atoms with van der Waals surface area (Å²) in [5, 5.41) is 0. The summed E-state index contributed by atoms with van der Waals surface area (Å²) < 4.78 is 26.9. The molecule has 134 valence electrons. The Bertz CT molecular complexity index is 866. The van der Waals surface area contributed by atoms with E-state index < -0.39 is 22.0 Å². The van der Waals surface area contributed by atoms with Crippen molar-refractivity contribution in [3.63, 3.8) is 0 Å². The fourth-order valence-corrected chi connectivity index (χ4v) is 3.39. The molecule has 0 saturated carbocycles. The first-order valence-electron chi connectivity index (χ1n) is 7.84. The Kier molecular flexibility index (Phi) is 5.76. The van der Waals surface area contributed by atoms with Crippen molar-refractivity contribution in [2.45, 2.75) is 31.2 Å². The zero-order valence-electron chi connectivity index (χ0n) is 14.1. The maximum absolute atomic E-state index is 12.5. The fourth-order valence-electron chi connectivity index (χ4n) is 2.32. The number of anilines is 1. The van der Waals surface area contributed by atoms with Gasteiger partial charge in [0.15, 0.2) is 0 Å². The quantitative estimate of drug-likeness (QED) is 0.714. The second-order valence-electron chi connectivity index (χ2n) is 6.18. The summed E-state index contributed by atoms with van der Waals surface area (Å²) in [4.78, 5) is 16.1. The lowest BCUT2D eigenvalue weighted by atomic mass is 10.0. The molecule has 0 fully saturated rings. The van der Waals surface area contributed by atoms with E-state index in [1.165, 1.54) is 12.1 Å². The summed E-state index contributed by atoms with van der Waals surface area (Å²) >= 11 is 0. The highest BCUT2D eigenvalue weighted by molar-refractivity contribution is 7.90. The van der Waals surface area contributed by atoms with Crippen LogP contribution in [-0.4, -0.2) is 25.4 Å². The Labute approximate surface area is 147 Å². The molecular weight excluding hydrogens is 340 g/mol. The van der Waals surface area contributed by atoms with Crippen LogP contribution in [0.1, 0.15) is 20.3 Å². The van der Waals surface area contributed by atoms with Crippen LogP contribution in [0.5, 0.6) is 0 Å². The minimum Gasteiger partial charge on any atom is -0.384 e. The highest BCUT2D eigenvalue weighted by Gasteiger charge is 2.23. The van der Waals surface area contributed by atoms with E-state index in [9.17, 15) is 13.2 Å². The Morgan fingerprint density at radius 3 is 2.52 bits per heavy atom. The van der Waals surface area contributed by atoms with Gasteiger partial charge >= 0.3 is 0 Å². The first-order chi connectivity index (χ1) is 11.7. The molecule has 0 aliphatic carbocycles. The Hall–Kier alpha value is -2.45. The lowest BCUT2D eigenvalue weighted by Crippen LogP contribution is -2.43. The Morgan fingerprint density at radius 1 is 1.20 bits per heavy atom. The number of benzene rings is 1. The molecule has 7 nitrogen and oxygen atoms in total. The number of nitrogens with zero attached hydrogens (tertiary/aromatic N) is 1. The first kappa shape index (κ1) is 18.9.